The smallest absolute Gasteiger partial charge is 0.465 e. The summed E-state index contributed by atoms with van der Waals surface area (Å²) in [5.74, 6) is 2.63. The number of hydrogen-bond donors (Lipinski definition) is 0. The standard InChI is InChI=1S/C26H40O2Si/c1-17(2)23-13-11-21(9)25(15-23)27-29(19(5)6,20(7)8)28-26-16-24(18(3)4)14-12-22(26)10/h11-12,15-16,19-20,23-24H,1,3,13-14H2,2,4-10H3. The van der Waals surface area contributed by atoms with Gasteiger partial charge in [0, 0.05) is 22.9 Å². The fourth-order valence-corrected chi connectivity index (χ4v) is 7.45. The van der Waals surface area contributed by atoms with Crippen molar-refractivity contribution in [3.05, 3.63) is 71.3 Å². The fraction of sp³-hybridized carbons (Fsp3) is 0.538. The molecule has 2 nitrogen and oxygen atoms in total. The Labute approximate surface area is 180 Å². The highest BCUT2D eigenvalue weighted by molar-refractivity contribution is 6.70. The van der Waals surface area contributed by atoms with Crippen LogP contribution in [0.4, 0.5) is 0 Å². The van der Waals surface area contributed by atoms with Crippen LogP contribution in [0.25, 0.3) is 0 Å². The van der Waals surface area contributed by atoms with Gasteiger partial charge in [-0.15, -0.1) is 0 Å². The largest absolute Gasteiger partial charge is 0.512 e. The van der Waals surface area contributed by atoms with Gasteiger partial charge >= 0.3 is 8.56 Å². The summed E-state index contributed by atoms with van der Waals surface area (Å²) < 4.78 is 13.8. The summed E-state index contributed by atoms with van der Waals surface area (Å²) in [5.41, 5.74) is 5.37. The Hall–Kier alpha value is -1.74. The van der Waals surface area contributed by atoms with Crippen LogP contribution in [0.15, 0.2) is 71.3 Å². The van der Waals surface area contributed by atoms with Gasteiger partial charge in [0.25, 0.3) is 0 Å². The Morgan fingerprint density at radius 2 is 1.17 bits per heavy atom. The summed E-state index contributed by atoms with van der Waals surface area (Å²) in [7, 11) is -2.61. The van der Waals surface area contributed by atoms with Crippen molar-refractivity contribution in [2.24, 2.45) is 11.8 Å². The van der Waals surface area contributed by atoms with E-state index in [1.165, 1.54) is 22.3 Å². The molecule has 0 radical (unpaired) electrons. The van der Waals surface area contributed by atoms with E-state index in [2.05, 4.69) is 92.9 Å². The lowest BCUT2D eigenvalue weighted by Crippen LogP contribution is -2.48. The van der Waals surface area contributed by atoms with Gasteiger partial charge in [0.15, 0.2) is 0 Å². The maximum absolute atomic E-state index is 6.92. The molecule has 0 heterocycles. The molecule has 2 atom stereocenters. The molecule has 2 aliphatic carbocycles. The highest BCUT2D eigenvalue weighted by Gasteiger charge is 2.50. The van der Waals surface area contributed by atoms with Crippen LogP contribution >= 0.6 is 0 Å². The molecule has 0 bridgehead atoms. The molecule has 0 aromatic carbocycles. The first-order chi connectivity index (χ1) is 13.5. The Kier molecular flexibility index (Phi) is 7.61. The van der Waals surface area contributed by atoms with Crippen LogP contribution < -0.4 is 0 Å². The number of rotatable bonds is 8. The van der Waals surface area contributed by atoms with E-state index in [-0.39, 0.29) is 0 Å². The van der Waals surface area contributed by atoms with Crippen LogP contribution in [0, 0.1) is 11.8 Å². The molecule has 2 aliphatic rings. The SMILES string of the molecule is C=C(C)C1C=C(O[Si](OC2=CC(C(=C)C)CC=C2C)(C(C)C)C(C)C)C(C)=CC1. The molecule has 0 fully saturated rings. The summed E-state index contributed by atoms with van der Waals surface area (Å²) in [6.07, 6.45) is 11.1. The fourth-order valence-electron chi connectivity index (χ4n) is 3.99. The highest BCUT2D eigenvalue weighted by atomic mass is 28.4. The van der Waals surface area contributed by atoms with Crippen molar-refractivity contribution in [3.8, 4) is 0 Å². The van der Waals surface area contributed by atoms with E-state index in [0.717, 1.165) is 24.4 Å². The predicted octanol–water partition coefficient (Wildman–Crippen LogP) is 8.13. The van der Waals surface area contributed by atoms with Crippen LogP contribution in [0.2, 0.25) is 11.1 Å². The summed E-state index contributed by atoms with van der Waals surface area (Å²) in [6.45, 7) is 25.8. The lowest BCUT2D eigenvalue weighted by Gasteiger charge is -2.41. The maximum atomic E-state index is 6.92. The van der Waals surface area contributed by atoms with Crippen LogP contribution in [0.1, 0.15) is 68.2 Å². The van der Waals surface area contributed by atoms with Gasteiger partial charge in [-0.25, -0.2) is 0 Å². The van der Waals surface area contributed by atoms with E-state index in [0.29, 0.717) is 22.9 Å². The first-order valence-corrected chi connectivity index (χ1v) is 12.9. The average Bonchev–Trinajstić information content (AvgIpc) is 2.63. The minimum atomic E-state index is -2.61. The van der Waals surface area contributed by atoms with E-state index >= 15 is 0 Å². The normalized spacial score (nSPS) is 22.6. The second-order valence-corrected chi connectivity index (χ2v) is 13.6. The molecule has 0 saturated heterocycles. The second-order valence-electron chi connectivity index (χ2n) is 9.45. The Balaban J connectivity index is 2.44. The Morgan fingerprint density at radius 3 is 1.45 bits per heavy atom. The third kappa shape index (κ3) is 5.25. The van der Waals surface area contributed by atoms with Gasteiger partial charge in [-0.2, -0.15) is 0 Å². The van der Waals surface area contributed by atoms with E-state index in [1.54, 1.807) is 0 Å². The van der Waals surface area contributed by atoms with Gasteiger partial charge in [-0.05, 0) is 63.8 Å². The van der Waals surface area contributed by atoms with Crippen molar-refractivity contribution in [3.63, 3.8) is 0 Å². The van der Waals surface area contributed by atoms with Crippen molar-refractivity contribution in [1.82, 2.24) is 0 Å². The molecule has 0 aromatic heterocycles. The molecule has 0 spiro atoms. The maximum Gasteiger partial charge on any atom is 0.465 e. The van der Waals surface area contributed by atoms with Gasteiger partial charge < -0.3 is 8.85 Å². The van der Waals surface area contributed by atoms with Crippen molar-refractivity contribution >= 4 is 8.56 Å². The van der Waals surface area contributed by atoms with E-state index in [1.807, 2.05) is 0 Å². The molecule has 29 heavy (non-hydrogen) atoms. The molecular weight excluding hydrogens is 372 g/mol. The van der Waals surface area contributed by atoms with Crippen molar-refractivity contribution < 1.29 is 8.85 Å². The minimum absolute atomic E-state index is 0.306. The zero-order chi connectivity index (χ0) is 21.9. The molecule has 0 aromatic rings. The van der Waals surface area contributed by atoms with Gasteiger partial charge in [0.05, 0.1) is 0 Å². The van der Waals surface area contributed by atoms with E-state index in [4.69, 9.17) is 8.85 Å². The Morgan fingerprint density at radius 1 is 0.828 bits per heavy atom. The number of allylic oxidation sites excluding steroid dienone is 8. The van der Waals surface area contributed by atoms with Gasteiger partial charge in [0.2, 0.25) is 0 Å². The van der Waals surface area contributed by atoms with Crippen molar-refractivity contribution in [2.45, 2.75) is 79.3 Å². The summed E-state index contributed by atoms with van der Waals surface area (Å²) in [4.78, 5) is 0. The quantitative estimate of drug-likeness (QED) is 0.296. The molecule has 0 amide bonds. The molecule has 160 valence electrons. The molecule has 2 rings (SSSR count). The molecule has 2 unspecified atom stereocenters. The zero-order valence-corrected chi connectivity index (χ0v) is 20.8. The van der Waals surface area contributed by atoms with Gasteiger partial charge in [-0.3, -0.25) is 0 Å². The van der Waals surface area contributed by atoms with Gasteiger partial charge in [0.1, 0.15) is 11.5 Å². The summed E-state index contributed by atoms with van der Waals surface area (Å²) in [5, 5.41) is 0. The van der Waals surface area contributed by atoms with Crippen LogP contribution in [-0.2, 0) is 8.85 Å². The third-order valence-electron chi connectivity index (χ3n) is 6.25. The van der Waals surface area contributed by atoms with Crippen molar-refractivity contribution in [1.29, 1.82) is 0 Å². The first kappa shape index (κ1) is 23.5. The lowest BCUT2D eigenvalue weighted by atomic mass is 9.91. The van der Waals surface area contributed by atoms with E-state index in [9.17, 15) is 0 Å². The average molecular weight is 413 g/mol. The molecule has 0 aliphatic heterocycles. The minimum Gasteiger partial charge on any atom is -0.512 e. The third-order valence-corrected chi connectivity index (χ3v) is 10.5. The summed E-state index contributed by atoms with van der Waals surface area (Å²) >= 11 is 0. The van der Waals surface area contributed by atoms with Crippen LogP contribution in [-0.4, -0.2) is 8.56 Å². The topological polar surface area (TPSA) is 18.5 Å². The lowest BCUT2D eigenvalue weighted by molar-refractivity contribution is 0.241. The molecule has 0 saturated carbocycles. The second kappa shape index (κ2) is 9.38. The predicted molar refractivity (Wildman–Crippen MR) is 128 cm³/mol. The zero-order valence-electron chi connectivity index (χ0n) is 19.8. The molecule has 0 N–H and O–H groups in total. The van der Waals surface area contributed by atoms with E-state index < -0.39 is 8.56 Å². The molecular formula is C26H40O2Si. The monoisotopic (exact) mass is 412 g/mol. The highest BCUT2D eigenvalue weighted by Crippen LogP contribution is 2.42. The molecule has 3 heteroatoms. The first-order valence-electron chi connectivity index (χ1n) is 10.9. The Bertz CT molecular complexity index is 711. The van der Waals surface area contributed by atoms with Crippen LogP contribution in [0.5, 0.6) is 0 Å². The van der Waals surface area contributed by atoms with Crippen molar-refractivity contribution in [2.75, 3.05) is 0 Å². The van der Waals surface area contributed by atoms with Gasteiger partial charge in [-0.1, -0.05) is 64.2 Å². The summed E-state index contributed by atoms with van der Waals surface area (Å²) in [6, 6.07) is 0. The number of hydrogen-bond acceptors (Lipinski definition) is 2. The van der Waals surface area contributed by atoms with Crippen LogP contribution in [0.3, 0.4) is 0 Å².